The molecule has 7 N–H and O–H groups in total. The quantitative estimate of drug-likeness (QED) is 0.496. The molecule has 0 rings (SSSR count). The minimum Gasteiger partial charge on any atom is -0.870 e. The summed E-state index contributed by atoms with van der Waals surface area (Å²) in [6, 6.07) is 0. The van der Waals surface area contributed by atoms with E-state index in [-0.39, 0.29) is 95.6 Å². The van der Waals surface area contributed by atoms with Crippen molar-refractivity contribution in [3.63, 3.8) is 0 Å². The van der Waals surface area contributed by atoms with Crippen LogP contribution in [-0.4, -0.2) is 38.3 Å². The standard InChI is InChI=1S/La.7H2O.Ti/h;7*1H2;/q+3;;;;;;;;+4/p-7. The average Bonchev–Trinajstić information content (AvgIpc) is 0. The Morgan fingerprint density at radius 2 is 0.333 bits per heavy atom. The van der Waals surface area contributed by atoms with Crippen molar-refractivity contribution in [3.05, 3.63) is 0 Å². The van der Waals surface area contributed by atoms with Crippen molar-refractivity contribution < 1.29 is 95.6 Å². The summed E-state index contributed by atoms with van der Waals surface area (Å²) in [5.74, 6) is 0. The molecule has 0 aromatic heterocycles. The van der Waals surface area contributed by atoms with E-state index in [1.807, 2.05) is 0 Å². The maximum atomic E-state index is 0. The molecule has 0 radical (unpaired) electrons. The topological polar surface area (TPSA) is 210 Å². The maximum Gasteiger partial charge on any atom is 4.00 e. The van der Waals surface area contributed by atoms with Crippen LogP contribution in [0.5, 0.6) is 0 Å². The van der Waals surface area contributed by atoms with Gasteiger partial charge in [-0.05, 0) is 0 Å². The SMILES string of the molecule is [La+3].[OH-].[OH-].[OH-].[OH-].[OH-].[OH-].[OH-].[Ti+4]. The Hall–Kier alpha value is 1.63. The van der Waals surface area contributed by atoms with Crippen LogP contribution in [0, 0.1) is 35.6 Å². The largest absolute Gasteiger partial charge is 4.00 e. The zero-order chi connectivity index (χ0) is 0. The van der Waals surface area contributed by atoms with Crippen LogP contribution < -0.4 is 0 Å². The molecule has 0 bridgehead atoms. The van der Waals surface area contributed by atoms with Gasteiger partial charge in [-0.3, -0.25) is 0 Å². The molecule has 0 saturated heterocycles. The molecule has 9 heavy (non-hydrogen) atoms. The average molecular weight is 306 g/mol. The second-order valence-electron chi connectivity index (χ2n) is 0. The molecule has 9 heteroatoms. The summed E-state index contributed by atoms with van der Waals surface area (Å²) in [5, 5.41) is 0. The summed E-state index contributed by atoms with van der Waals surface area (Å²) in [7, 11) is 0. The third-order valence-corrected chi connectivity index (χ3v) is 0. The molecule has 0 spiro atoms. The van der Waals surface area contributed by atoms with Crippen LogP contribution in [0.3, 0.4) is 0 Å². The van der Waals surface area contributed by atoms with E-state index in [1.54, 1.807) is 0 Å². The van der Waals surface area contributed by atoms with Gasteiger partial charge in [-0.2, -0.15) is 0 Å². The fourth-order valence-electron chi connectivity index (χ4n) is 0. The van der Waals surface area contributed by atoms with Crippen molar-refractivity contribution in [3.8, 4) is 0 Å². The first-order chi connectivity index (χ1) is 0. The first kappa shape index (κ1) is 371. The Morgan fingerprint density at radius 3 is 0.333 bits per heavy atom. The van der Waals surface area contributed by atoms with Gasteiger partial charge in [-0.15, -0.1) is 0 Å². The Bertz CT molecular complexity index is 8.88. The van der Waals surface area contributed by atoms with Crippen molar-refractivity contribution in [2.75, 3.05) is 0 Å². The maximum absolute atomic E-state index is 0. The molecule has 0 heterocycles. The summed E-state index contributed by atoms with van der Waals surface area (Å²) in [6.45, 7) is 0. The summed E-state index contributed by atoms with van der Waals surface area (Å²) in [5.41, 5.74) is 0. The molecule has 0 atom stereocenters. The summed E-state index contributed by atoms with van der Waals surface area (Å²) < 4.78 is 0. The van der Waals surface area contributed by atoms with Crippen LogP contribution in [0.1, 0.15) is 0 Å². The van der Waals surface area contributed by atoms with Crippen LogP contribution in [0.15, 0.2) is 0 Å². The first-order valence-electron chi connectivity index (χ1n) is 0. The van der Waals surface area contributed by atoms with Crippen molar-refractivity contribution >= 4 is 0 Å². The van der Waals surface area contributed by atoms with E-state index in [9.17, 15) is 0 Å². The van der Waals surface area contributed by atoms with E-state index >= 15 is 0 Å². The molecule has 7 nitrogen and oxygen atoms in total. The smallest absolute Gasteiger partial charge is 0.870 e. The van der Waals surface area contributed by atoms with Gasteiger partial charge in [0.05, 0.1) is 0 Å². The van der Waals surface area contributed by atoms with Crippen LogP contribution in [0.25, 0.3) is 0 Å². The second-order valence-corrected chi connectivity index (χ2v) is 0. The molecular weight excluding hydrogens is 299 g/mol. The van der Waals surface area contributed by atoms with Crippen molar-refractivity contribution in [1.29, 1.82) is 0 Å². The van der Waals surface area contributed by atoms with Crippen LogP contribution in [0.2, 0.25) is 0 Å². The molecule has 0 aliphatic heterocycles. The van der Waals surface area contributed by atoms with E-state index < -0.39 is 0 Å². The molecular formula is H7LaO7Ti. The zero-order valence-electron chi connectivity index (χ0n) is 4.21. The van der Waals surface area contributed by atoms with E-state index in [0.717, 1.165) is 0 Å². The predicted octanol–water partition coefficient (Wildman–Crippen LogP) is -1.24. The number of hydrogen-bond acceptors (Lipinski definition) is 7. The summed E-state index contributed by atoms with van der Waals surface area (Å²) in [6.07, 6.45) is 0. The van der Waals surface area contributed by atoms with Gasteiger partial charge in [0.15, 0.2) is 0 Å². The van der Waals surface area contributed by atoms with Gasteiger partial charge in [0.1, 0.15) is 0 Å². The monoisotopic (exact) mass is 306 g/mol. The fourth-order valence-corrected chi connectivity index (χ4v) is 0. The predicted molar refractivity (Wildman–Crippen MR) is 13.6 cm³/mol. The fraction of sp³-hybridized carbons (Fsp3) is 0. The molecule has 0 aromatic carbocycles. The summed E-state index contributed by atoms with van der Waals surface area (Å²) in [4.78, 5) is 0. The molecule has 0 aliphatic carbocycles. The van der Waals surface area contributed by atoms with Gasteiger partial charge in [0.2, 0.25) is 0 Å². The minimum atomic E-state index is 0. The zero-order valence-corrected chi connectivity index (χ0v) is 9.40. The van der Waals surface area contributed by atoms with E-state index in [2.05, 4.69) is 0 Å². The summed E-state index contributed by atoms with van der Waals surface area (Å²) >= 11 is 0. The van der Waals surface area contributed by atoms with Gasteiger partial charge in [-0.1, -0.05) is 0 Å². The van der Waals surface area contributed by atoms with Gasteiger partial charge in [0.25, 0.3) is 0 Å². The Morgan fingerprint density at radius 1 is 0.333 bits per heavy atom. The third-order valence-electron chi connectivity index (χ3n) is 0. The van der Waals surface area contributed by atoms with Gasteiger partial charge >= 0.3 is 57.3 Å². The normalized spacial score (nSPS) is 0. The van der Waals surface area contributed by atoms with Crippen LogP contribution in [0.4, 0.5) is 0 Å². The Labute approximate surface area is 94.8 Å². The second kappa shape index (κ2) is 270. The molecule has 0 fully saturated rings. The van der Waals surface area contributed by atoms with Crippen molar-refractivity contribution in [2.24, 2.45) is 0 Å². The molecule has 0 saturated carbocycles. The molecule has 0 aliphatic rings. The molecule has 0 unspecified atom stereocenters. The minimum absolute atomic E-state index is 0. The van der Waals surface area contributed by atoms with Crippen LogP contribution in [-0.2, 0) is 21.7 Å². The van der Waals surface area contributed by atoms with Gasteiger partial charge < -0.3 is 38.3 Å². The van der Waals surface area contributed by atoms with Crippen molar-refractivity contribution in [1.82, 2.24) is 0 Å². The van der Waals surface area contributed by atoms with Crippen LogP contribution >= 0.6 is 0 Å². The molecule has 0 aromatic rings. The number of rotatable bonds is 0. The van der Waals surface area contributed by atoms with Crippen molar-refractivity contribution in [2.45, 2.75) is 0 Å². The van der Waals surface area contributed by atoms with Gasteiger partial charge in [-0.25, -0.2) is 0 Å². The van der Waals surface area contributed by atoms with Gasteiger partial charge in [0, 0.05) is 0 Å². The number of hydrogen-bond donors (Lipinski definition) is 0. The van der Waals surface area contributed by atoms with E-state index in [0.29, 0.717) is 0 Å². The molecule has 56 valence electrons. The van der Waals surface area contributed by atoms with E-state index in [1.165, 1.54) is 0 Å². The Balaban J connectivity index is 0. The Kier molecular flexibility index (Phi) is 11100. The van der Waals surface area contributed by atoms with E-state index in [4.69, 9.17) is 0 Å². The first-order valence-corrected chi connectivity index (χ1v) is 0. The molecule has 0 amide bonds. The third kappa shape index (κ3) is 211.